The lowest BCUT2D eigenvalue weighted by atomic mass is 10.2. The van der Waals surface area contributed by atoms with Crippen molar-refractivity contribution in [1.82, 2.24) is 19.8 Å². The maximum atomic E-state index is 13.7. The van der Waals surface area contributed by atoms with Crippen molar-refractivity contribution in [3.63, 3.8) is 0 Å². The summed E-state index contributed by atoms with van der Waals surface area (Å²) in [6, 6.07) is 6.59. The number of hydrogen-bond donors (Lipinski definition) is 0. The lowest BCUT2D eigenvalue weighted by Gasteiger charge is -2.18. The standard InChI is InChI=1S/C19H23FN4O2/c1-23(2)12-14-10-15(5-8-21-14)26-16-6-9-24(13-16)19(25)11-18-17(20)4-3-7-22-18/h3-5,7-8,10,16H,6,9,11-13H2,1-2H3. The maximum absolute atomic E-state index is 13.7. The highest BCUT2D eigenvalue weighted by molar-refractivity contribution is 5.78. The lowest BCUT2D eigenvalue weighted by Crippen LogP contribution is -2.32. The second kappa shape index (κ2) is 8.23. The van der Waals surface area contributed by atoms with Crippen LogP contribution in [0.1, 0.15) is 17.8 Å². The van der Waals surface area contributed by atoms with Crippen LogP contribution in [0.15, 0.2) is 36.7 Å². The minimum atomic E-state index is -0.446. The van der Waals surface area contributed by atoms with Crippen molar-refractivity contribution in [2.75, 3.05) is 27.2 Å². The molecule has 2 aromatic heterocycles. The molecule has 3 rings (SSSR count). The number of halogens is 1. The summed E-state index contributed by atoms with van der Waals surface area (Å²) in [5.74, 6) is 0.182. The van der Waals surface area contributed by atoms with E-state index in [0.29, 0.717) is 13.1 Å². The summed E-state index contributed by atoms with van der Waals surface area (Å²) >= 11 is 0. The fourth-order valence-electron chi connectivity index (χ4n) is 2.99. The molecule has 0 spiro atoms. The van der Waals surface area contributed by atoms with Crippen molar-refractivity contribution in [2.45, 2.75) is 25.5 Å². The number of amides is 1. The first-order chi connectivity index (χ1) is 12.5. The van der Waals surface area contributed by atoms with Crippen LogP contribution in [0.2, 0.25) is 0 Å². The van der Waals surface area contributed by atoms with Gasteiger partial charge in [-0.25, -0.2) is 4.39 Å². The molecule has 26 heavy (non-hydrogen) atoms. The first kappa shape index (κ1) is 18.3. The van der Waals surface area contributed by atoms with Gasteiger partial charge in [0.25, 0.3) is 0 Å². The molecular formula is C19H23FN4O2. The number of ether oxygens (including phenoxy) is 1. The zero-order chi connectivity index (χ0) is 18.5. The highest BCUT2D eigenvalue weighted by Crippen LogP contribution is 2.20. The molecule has 0 aliphatic carbocycles. The Morgan fingerprint density at radius 1 is 1.35 bits per heavy atom. The second-order valence-corrected chi connectivity index (χ2v) is 6.70. The SMILES string of the molecule is CN(C)Cc1cc(OC2CCN(C(=O)Cc3ncccc3F)C2)ccn1. The Hall–Kier alpha value is -2.54. The van der Waals surface area contributed by atoms with E-state index in [-0.39, 0.29) is 24.1 Å². The van der Waals surface area contributed by atoms with Gasteiger partial charge in [-0.15, -0.1) is 0 Å². The van der Waals surface area contributed by atoms with Crippen LogP contribution in [0.5, 0.6) is 5.75 Å². The van der Waals surface area contributed by atoms with E-state index in [1.54, 1.807) is 11.1 Å². The molecule has 2 aromatic rings. The number of pyridine rings is 2. The predicted octanol–water partition coefficient (Wildman–Crippen LogP) is 1.90. The largest absolute Gasteiger partial charge is 0.488 e. The van der Waals surface area contributed by atoms with Crippen molar-refractivity contribution in [3.05, 3.63) is 53.9 Å². The fourth-order valence-corrected chi connectivity index (χ4v) is 2.99. The van der Waals surface area contributed by atoms with Gasteiger partial charge in [0.15, 0.2) is 0 Å². The van der Waals surface area contributed by atoms with Crippen LogP contribution in [0.4, 0.5) is 4.39 Å². The summed E-state index contributed by atoms with van der Waals surface area (Å²) in [4.78, 5) is 24.4. The van der Waals surface area contributed by atoms with E-state index in [2.05, 4.69) is 9.97 Å². The van der Waals surface area contributed by atoms with Gasteiger partial charge >= 0.3 is 0 Å². The average molecular weight is 358 g/mol. The van der Waals surface area contributed by atoms with Gasteiger partial charge in [-0.05, 0) is 32.3 Å². The van der Waals surface area contributed by atoms with E-state index < -0.39 is 5.82 Å². The molecule has 1 atom stereocenters. The molecule has 0 radical (unpaired) electrons. The summed E-state index contributed by atoms with van der Waals surface area (Å²) in [5.41, 5.74) is 1.12. The molecule has 1 fully saturated rings. The summed E-state index contributed by atoms with van der Waals surface area (Å²) in [6.07, 6.45) is 3.89. The Kier molecular flexibility index (Phi) is 5.78. The van der Waals surface area contributed by atoms with Crippen molar-refractivity contribution in [1.29, 1.82) is 0 Å². The first-order valence-electron chi connectivity index (χ1n) is 8.65. The Labute approximate surface area is 152 Å². The molecule has 0 aromatic carbocycles. The Balaban J connectivity index is 1.55. The molecule has 6 nitrogen and oxygen atoms in total. The molecule has 1 aliphatic heterocycles. The minimum Gasteiger partial charge on any atom is -0.488 e. The van der Waals surface area contributed by atoms with Crippen LogP contribution < -0.4 is 4.74 Å². The number of likely N-dealkylation sites (tertiary alicyclic amines) is 1. The fraction of sp³-hybridized carbons (Fsp3) is 0.421. The van der Waals surface area contributed by atoms with Crippen LogP contribution >= 0.6 is 0 Å². The first-order valence-corrected chi connectivity index (χ1v) is 8.65. The lowest BCUT2D eigenvalue weighted by molar-refractivity contribution is -0.129. The van der Waals surface area contributed by atoms with E-state index in [4.69, 9.17) is 4.74 Å². The maximum Gasteiger partial charge on any atom is 0.228 e. The molecular weight excluding hydrogens is 335 g/mol. The van der Waals surface area contributed by atoms with Crippen molar-refractivity contribution >= 4 is 5.91 Å². The zero-order valence-electron chi connectivity index (χ0n) is 15.1. The Morgan fingerprint density at radius 3 is 2.96 bits per heavy atom. The van der Waals surface area contributed by atoms with E-state index in [9.17, 15) is 9.18 Å². The molecule has 0 bridgehead atoms. The Morgan fingerprint density at radius 2 is 2.19 bits per heavy atom. The quantitative estimate of drug-likeness (QED) is 0.789. The monoisotopic (exact) mass is 358 g/mol. The third-order valence-electron chi connectivity index (χ3n) is 4.22. The second-order valence-electron chi connectivity index (χ2n) is 6.70. The number of carbonyl (C=O) groups excluding carboxylic acids is 1. The molecule has 3 heterocycles. The highest BCUT2D eigenvalue weighted by Gasteiger charge is 2.28. The summed E-state index contributed by atoms with van der Waals surface area (Å²) in [7, 11) is 3.97. The van der Waals surface area contributed by atoms with E-state index in [1.165, 1.54) is 18.3 Å². The van der Waals surface area contributed by atoms with Gasteiger partial charge in [0.2, 0.25) is 5.91 Å². The van der Waals surface area contributed by atoms with Gasteiger partial charge in [0, 0.05) is 38.0 Å². The molecule has 7 heteroatoms. The molecule has 1 unspecified atom stereocenters. The van der Waals surface area contributed by atoms with E-state index in [1.807, 2.05) is 31.1 Å². The average Bonchev–Trinajstić information content (AvgIpc) is 3.05. The number of carbonyl (C=O) groups is 1. The van der Waals surface area contributed by atoms with Gasteiger partial charge in [-0.3, -0.25) is 14.8 Å². The predicted molar refractivity (Wildman–Crippen MR) is 95.1 cm³/mol. The van der Waals surface area contributed by atoms with Crippen molar-refractivity contribution < 1.29 is 13.9 Å². The summed E-state index contributed by atoms with van der Waals surface area (Å²) < 4.78 is 19.7. The minimum absolute atomic E-state index is 0.0262. The highest BCUT2D eigenvalue weighted by atomic mass is 19.1. The van der Waals surface area contributed by atoms with Crippen molar-refractivity contribution in [2.24, 2.45) is 0 Å². The van der Waals surface area contributed by atoms with Gasteiger partial charge in [0.05, 0.1) is 24.4 Å². The molecule has 0 saturated carbocycles. The van der Waals surface area contributed by atoms with Crippen molar-refractivity contribution in [3.8, 4) is 5.75 Å². The van der Waals surface area contributed by atoms with Gasteiger partial charge in [-0.1, -0.05) is 0 Å². The van der Waals surface area contributed by atoms with Crippen LogP contribution in [-0.4, -0.2) is 59.0 Å². The molecule has 138 valence electrons. The third-order valence-corrected chi connectivity index (χ3v) is 4.22. The smallest absolute Gasteiger partial charge is 0.228 e. The van der Waals surface area contributed by atoms with Crippen LogP contribution in [0.25, 0.3) is 0 Å². The van der Waals surface area contributed by atoms with Gasteiger partial charge < -0.3 is 14.5 Å². The molecule has 0 N–H and O–H groups in total. The number of rotatable bonds is 6. The number of hydrogen-bond acceptors (Lipinski definition) is 5. The van der Waals surface area contributed by atoms with Gasteiger partial charge in [-0.2, -0.15) is 0 Å². The molecule has 1 amide bonds. The number of aromatic nitrogens is 2. The van der Waals surface area contributed by atoms with Crippen LogP contribution in [0.3, 0.4) is 0 Å². The van der Waals surface area contributed by atoms with E-state index >= 15 is 0 Å². The van der Waals surface area contributed by atoms with Gasteiger partial charge in [0.1, 0.15) is 17.7 Å². The number of nitrogens with zero attached hydrogens (tertiary/aromatic N) is 4. The zero-order valence-corrected chi connectivity index (χ0v) is 15.1. The van der Waals surface area contributed by atoms with Crippen LogP contribution in [0, 0.1) is 5.82 Å². The molecule has 1 saturated heterocycles. The van der Waals surface area contributed by atoms with Crippen LogP contribution in [-0.2, 0) is 17.8 Å². The summed E-state index contributed by atoms with van der Waals surface area (Å²) in [6.45, 7) is 1.84. The topological polar surface area (TPSA) is 58.6 Å². The molecule has 1 aliphatic rings. The Bertz CT molecular complexity index is 769. The van der Waals surface area contributed by atoms with E-state index in [0.717, 1.165) is 24.4 Å². The third kappa shape index (κ3) is 4.76. The normalized spacial score (nSPS) is 16.9. The summed E-state index contributed by atoms with van der Waals surface area (Å²) in [5, 5.41) is 0.